The van der Waals surface area contributed by atoms with Crippen molar-refractivity contribution < 1.29 is 4.79 Å². The molecule has 1 aliphatic carbocycles. The van der Waals surface area contributed by atoms with Gasteiger partial charge in [-0.1, -0.05) is 0 Å². The number of hydrogen-bond acceptors (Lipinski definition) is 6. The Kier molecular flexibility index (Phi) is 5.74. The number of nitrogens with two attached hydrogens (primary N) is 1. The molecule has 0 spiro atoms. The van der Waals surface area contributed by atoms with E-state index in [-0.39, 0.29) is 30.4 Å². The van der Waals surface area contributed by atoms with E-state index >= 15 is 0 Å². The van der Waals surface area contributed by atoms with Crippen molar-refractivity contribution in [1.29, 1.82) is 0 Å². The minimum Gasteiger partial charge on any atom is -0.347 e. The maximum absolute atomic E-state index is 12.6. The van der Waals surface area contributed by atoms with Crippen molar-refractivity contribution in [1.82, 2.24) is 20.3 Å². The molecule has 26 heavy (non-hydrogen) atoms. The van der Waals surface area contributed by atoms with Crippen LogP contribution in [0.2, 0.25) is 0 Å². The fourth-order valence-corrected chi connectivity index (χ4v) is 4.41. The number of fused-ring (bicyclic) bond motifs is 1. The van der Waals surface area contributed by atoms with Crippen LogP contribution < -0.4 is 16.0 Å². The summed E-state index contributed by atoms with van der Waals surface area (Å²) < 4.78 is 0. The number of hydrogen-bond donors (Lipinski definition) is 3. The van der Waals surface area contributed by atoms with E-state index in [1.165, 1.54) is 0 Å². The first kappa shape index (κ1) is 19.0. The Morgan fingerprint density at radius 2 is 2.27 bits per heavy atom. The third-order valence-electron chi connectivity index (χ3n) is 4.89. The number of amides is 1. The second-order valence-corrected chi connectivity index (χ2v) is 7.74. The average Bonchev–Trinajstić information content (AvgIpc) is 3.21. The van der Waals surface area contributed by atoms with Gasteiger partial charge in [-0.25, -0.2) is 9.97 Å². The molecule has 1 fully saturated rings. The lowest BCUT2D eigenvalue weighted by molar-refractivity contribution is -0.117. The third-order valence-corrected chi connectivity index (χ3v) is 5.88. The Labute approximate surface area is 162 Å². The lowest BCUT2D eigenvalue weighted by atomic mass is 10.2. The molecule has 0 unspecified atom stereocenters. The second-order valence-electron chi connectivity index (χ2n) is 6.60. The molecule has 1 amide bonds. The molecule has 0 aromatic carbocycles. The summed E-state index contributed by atoms with van der Waals surface area (Å²) in [5, 5.41) is 4.10. The van der Waals surface area contributed by atoms with Gasteiger partial charge < -0.3 is 20.9 Å². The first-order valence-electron chi connectivity index (χ1n) is 8.60. The number of thioether (sulfide) groups is 1. The molecule has 2 aromatic heterocycles. The van der Waals surface area contributed by atoms with Crippen molar-refractivity contribution in [3.8, 4) is 0 Å². The summed E-state index contributed by atoms with van der Waals surface area (Å²) in [6.45, 7) is 2.84. The van der Waals surface area contributed by atoms with E-state index in [0.717, 1.165) is 54.0 Å². The van der Waals surface area contributed by atoms with Crippen molar-refractivity contribution in [2.75, 3.05) is 17.2 Å². The molecule has 2 aromatic rings. The lowest BCUT2D eigenvalue weighted by Gasteiger charge is -2.26. The molecule has 3 heterocycles. The highest BCUT2D eigenvalue weighted by Gasteiger charge is 2.28. The van der Waals surface area contributed by atoms with Gasteiger partial charge in [0.05, 0.1) is 10.3 Å². The standard InChI is InChI=1S/C17H22N6OS.ClH/c1-10-7-19-15-14(10)16(21-9-20-15)23-5-6-25-13(8-23)17(24)22-12-4-2-3-11(12)18;/h7-9,11-12H,2-6,18H2,1H3,(H,22,24)(H,19,20,21);1H/t11-,12+;/m1./s1. The zero-order valence-corrected chi connectivity index (χ0v) is 16.2. The summed E-state index contributed by atoms with van der Waals surface area (Å²) in [6, 6.07) is 0.153. The number of carbonyl (C=O) groups is 1. The number of aromatic amines is 1. The molecule has 7 nitrogen and oxygen atoms in total. The van der Waals surface area contributed by atoms with Crippen LogP contribution in [0.4, 0.5) is 5.82 Å². The van der Waals surface area contributed by atoms with Crippen LogP contribution in [-0.4, -0.2) is 45.2 Å². The van der Waals surface area contributed by atoms with Crippen molar-refractivity contribution in [2.24, 2.45) is 5.73 Å². The van der Waals surface area contributed by atoms with Gasteiger partial charge in [0, 0.05) is 36.8 Å². The van der Waals surface area contributed by atoms with Gasteiger partial charge in [-0.3, -0.25) is 4.79 Å². The summed E-state index contributed by atoms with van der Waals surface area (Å²) in [4.78, 5) is 27.3. The molecule has 2 atom stereocenters. The van der Waals surface area contributed by atoms with Crippen LogP contribution in [0.15, 0.2) is 23.6 Å². The molecule has 0 bridgehead atoms. The Hall–Kier alpha value is -1.77. The van der Waals surface area contributed by atoms with Gasteiger partial charge in [-0.05, 0) is 31.7 Å². The number of anilines is 1. The normalized spacial score (nSPS) is 22.8. The molecule has 0 saturated heterocycles. The maximum Gasteiger partial charge on any atom is 0.259 e. The van der Waals surface area contributed by atoms with Gasteiger partial charge in [0.1, 0.15) is 17.8 Å². The summed E-state index contributed by atoms with van der Waals surface area (Å²) in [5.74, 6) is 1.64. The van der Waals surface area contributed by atoms with E-state index in [1.807, 2.05) is 24.2 Å². The van der Waals surface area contributed by atoms with Crippen LogP contribution >= 0.6 is 24.2 Å². The fraction of sp³-hybridized carbons (Fsp3) is 0.471. The molecule has 1 aliphatic heterocycles. The van der Waals surface area contributed by atoms with Gasteiger partial charge in [0.15, 0.2) is 0 Å². The van der Waals surface area contributed by atoms with E-state index in [1.54, 1.807) is 18.1 Å². The van der Waals surface area contributed by atoms with E-state index in [2.05, 4.69) is 20.3 Å². The molecular weight excluding hydrogens is 372 g/mol. The largest absolute Gasteiger partial charge is 0.347 e. The zero-order chi connectivity index (χ0) is 17.4. The van der Waals surface area contributed by atoms with Gasteiger partial charge in [-0.15, -0.1) is 24.2 Å². The number of H-pyrrole nitrogens is 1. The molecule has 9 heteroatoms. The average molecular weight is 395 g/mol. The first-order valence-corrected chi connectivity index (χ1v) is 9.58. The SMILES string of the molecule is Cc1c[nH]c2ncnc(N3C=C(C(=O)N[C@H]4CCC[C@H]4N)SCC3)c12.Cl. The number of nitrogens with zero attached hydrogens (tertiary/aromatic N) is 3. The Morgan fingerprint density at radius 3 is 3.04 bits per heavy atom. The molecule has 140 valence electrons. The summed E-state index contributed by atoms with van der Waals surface area (Å²) in [7, 11) is 0. The molecule has 1 saturated carbocycles. The maximum atomic E-state index is 12.6. The smallest absolute Gasteiger partial charge is 0.259 e. The van der Waals surface area contributed by atoms with Crippen LogP contribution in [-0.2, 0) is 4.79 Å². The monoisotopic (exact) mass is 394 g/mol. The van der Waals surface area contributed by atoms with E-state index in [4.69, 9.17) is 5.73 Å². The Morgan fingerprint density at radius 1 is 1.42 bits per heavy atom. The Bertz CT molecular complexity index is 838. The topological polar surface area (TPSA) is 99.9 Å². The highest BCUT2D eigenvalue weighted by atomic mass is 35.5. The van der Waals surface area contributed by atoms with Gasteiger partial charge in [0.2, 0.25) is 0 Å². The van der Waals surface area contributed by atoms with E-state index in [0.29, 0.717) is 4.91 Å². The third kappa shape index (κ3) is 3.54. The summed E-state index contributed by atoms with van der Waals surface area (Å²) in [5.41, 5.74) is 7.98. The van der Waals surface area contributed by atoms with Crippen molar-refractivity contribution in [2.45, 2.75) is 38.3 Å². The van der Waals surface area contributed by atoms with Crippen molar-refractivity contribution >= 4 is 46.9 Å². The van der Waals surface area contributed by atoms with Gasteiger partial charge in [0.25, 0.3) is 5.91 Å². The highest BCUT2D eigenvalue weighted by molar-refractivity contribution is 8.04. The highest BCUT2D eigenvalue weighted by Crippen LogP contribution is 2.31. The quantitative estimate of drug-likeness (QED) is 0.737. The lowest BCUT2D eigenvalue weighted by Crippen LogP contribution is -2.44. The van der Waals surface area contributed by atoms with Gasteiger partial charge in [-0.2, -0.15) is 0 Å². The molecular formula is C17H23ClN6OS. The molecule has 2 aliphatic rings. The molecule has 4 N–H and O–H groups in total. The summed E-state index contributed by atoms with van der Waals surface area (Å²) >= 11 is 1.58. The van der Waals surface area contributed by atoms with Crippen LogP contribution in [0.25, 0.3) is 11.0 Å². The number of rotatable bonds is 3. The van der Waals surface area contributed by atoms with Crippen LogP contribution in [0.1, 0.15) is 24.8 Å². The number of aromatic nitrogens is 3. The Balaban J connectivity index is 0.00000196. The number of nitrogens with one attached hydrogen (secondary N) is 2. The number of halogens is 1. The van der Waals surface area contributed by atoms with E-state index in [9.17, 15) is 4.79 Å². The first-order chi connectivity index (χ1) is 12.1. The summed E-state index contributed by atoms with van der Waals surface area (Å²) in [6.07, 6.45) is 8.41. The minimum absolute atomic E-state index is 0. The van der Waals surface area contributed by atoms with Crippen molar-refractivity contribution in [3.63, 3.8) is 0 Å². The minimum atomic E-state index is -0.0341. The zero-order valence-electron chi connectivity index (χ0n) is 14.6. The van der Waals surface area contributed by atoms with Crippen LogP contribution in [0, 0.1) is 6.92 Å². The molecule has 4 rings (SSSR count). The van der Waals surface area contributed by atoms with Crippen LogP contribution in [0.3, 0.4) is 0 Å². The predicted molar refractivity (Wildman–Crippen MR) is 108 cm³/mol. The fourth-order valence-electron chi connectivity index (χ4n) is 3.51. The van der Waals surface area contributed by atoms with E-state index < -0.39 is 0 Å². The number of carbonyl (C=O) groups excluding carboxylic acids is 1. The van der Waals surface area contributed by atoms with Gasteiger partial charge >= 0.3 is 0 Å². The predicted octanol–water partition coefficient (Wildman–Crippen LogP) is 2.08. The number of aryl methyl sites for hydroxylation is 1. The van der Waals surface area contributed by atoms with Crippen molar-refractivity contribution in [3.05, 3.63) is 29.2 Å². The molecule has 0 radical (unpaired) electrons. The van der Waals surface area contributed by atoms with Crippen LogP contribution in [0.5, 0.6) is 0 Å². The second kappa shape index (κ2) is 7.85.